The lowest BCUT2D eigenvalue weighted by Crippen LogP contribution is -2.14. The summed E-state index contributed by atoms with van der Waals surface area (Å²) >= 11 is 0. The zero-order valence-corrected chi connectivity index (χ0v) is 14.1. The first-order chi connectivity index (χ1) is 11.1. The lowest BCUT2D eigenvalue weighted by atomic mass is 9.97. The highest BCUT2D eigenvalue weighted by molar-refractivity contribution is 5.91. The second-order valence-corrected chi connectivity index (χ2v) is 5.79. The molecule has 1 N–H and O–H groups in total. The minimum Gasteiger partial charge on any atom is -0.497 e. The molecule has 0 unspecified atom stereocenters. The van der Waals surface area contributed by atoms with Crippen LogP contribution in [0.15, 0.2) is 48.5 Å². The topological polar surface area (TPSA) is 38.3 Å². The minimum absolute atomic E-state index is 0.0524. The molecule has 0 saturated carbocycles. The van der Waals surface area contributed by atoms with Gasteiger partial charge >= 0.3 is 0 Å². The lowest BCUT2D eigenvalue weighted by Gasteiger charge is -2.15. The Labute approximate surface area is 138 Å². The summed E-state index contributed by atoms with van der Waals surface area (Å²) in [6, 6.07) is 15.9. The van der Waals surface area contributed by atoms with Gasteiger partial charge in [-0.05, 0) is 48.1 Å². The van der Waals surface area contributed by atoms with Crippen molar-refractivity contribution in [3.63, 3.8) is 0 Å². The Morgan fingerprint density at radius 1 is 1.13 bits per heavy atom. The molecule has 0 aliphatic carbocycles. The molecule has 0 spiro atoms. The van der Waals surface area contributed by atoms with E-state index >= 15 is 0 Å². The van der Waals surface area contributed by atoms with Gasteiger partial charge in [0.05, 0.1) is 7.11 Å². The molecule has 0 aliphatic rings. The largest absolute Gasteiger partial charge is 0.497 e. The molecule has 23 heavy (non-hydrogen) atoms. The molecule has 2 aromatic carbocycles. The summed E-state index contributed by atoms with van der Waals surface area (Å²) in [7, 11) is 1.65. The third kappa shape index (κ3) is 4.85. The van der Waals surface area contributed by atoms with E-state index in [9.17, 15) is 4.79 Å². The number of carbonyl (C=O) groups is 1. The van der Waals surface area contributed by atoms with Crippen molar-refractivity contribution >= 4 is 11.6 Å². The van der Waals surface area contributed by atoms with Gasteiger partial charge in [0.25, 0.3) is 0 Å². The first-order valence-corrected chi connectivity index (χ1v) is 8.15. The number of methoxy groups -OCH3 is 1. The molecule has 3 nitrogen and oxygen atoms in total. The van der Waals surface area contributed by atoms with Crippen LogP contribution in [0.4, 0.5) is 5.69 Å². The summed E-state index contributed by atoms with van der Waals surface area (Å²) in [5.41, 5.74) is 3.27. The summed E-state index contributed by atoms with van der Waals surface area (Å²) < 4.78 is 5.14. The third-order valence-electron chi connectivity index (χ3n) is 4.18. The Bertz CT molecular complexity index is 634. The third-order valence-corrected chi connectivity index (χ3v) is 4.18. The molecule has 0 radical (unpaired) electrons. The van der Waals surface area contributed by atoms with E-state index in [-0.39, 0.29) is 5.91 Å². The van der Waals surface area contributed by atoms with Crippen LogP contribution in [0.25, 0.3) is 0 Å². The number of aryl methyl sites for hydroxylation is 1. The van der Waals surface area contributed by atoms with Gasteiger partial charge < -0.3 is 10.1 Å². The van der Waals surface area contributed by atoms with E-state index in [1.807, 2.05) is 42.5 Å². The van der Waals surface area contributed by atoms with Crippen LogP contribution in [-0.4, -0.2) is 13.0 Å². The average Bonchev–Trinajstić information content (AvgIpc) is 2.60. The maximum atomic E-state index is 12.2. The van der Waals surface area contributed by atoms with Crippen molar-refractivity contribution in [2.75, 3.05) is 12.4 Å². The van der Waals surface area contributed by atoms with Crippen LogP contribution in [0, 0.1) is 0 Å². The second kappa shape index (κ2) is 8.37. The predicted molar refractivity (Wildman–Crippen MR) is 95.1 cm³/mol. The fraction of sp³-hybridized carbons (Fsp3) is 0.350. The molecule has 0 saturated heterocycles. The van der Waals surface area contributed by atoms with Gasteiger partial charge in [0.15, 0.2) is 0 Å². The van der Waals surface area contributed by atoms with E-state index in [0.717, 1.165) is 29.8 Å². The van der Waals surface area contributed by atoms with Crippen LogP contribution in [0.2, 0.25) is 0 Å². The van der Waals surface area contributed by atoms with E-state index < -0.39 is 0 Å². The van der Waals surface area contributed by atoms with Crippen LogP contribution < -0.4 is 10.1 Å². The van der Waals surface area contributed by atoms with Crippen molar-refractivity contribution in [1.82, 2.24) is 0 Å². The quantitative estimate of drug-likeness (QED) is 0.799. The summed E-state index contributed by atoms with van der Waals surface area (Å²) in [6.45, 7) is 4.34. The summed E-state index contributed by atoms with van der Waals surface area (Å²) in [5, 5.41) is 3.05. The van der Waals surface area contributed by atoms with Crippen molar-refractivity contribution in [3.05, 3.63) is 59.7 Å². The van der Waals surface area contributed by atoms with Crippen LogP contribution in [0.5, 0.6) is 5.75 Å². The van der Waals surface area contributed by atoms with Gasteiger partial charge in [0.2, 0.25) is 5.91 Å². The van der Waals surface area contributed by atoms with Gasteiger partial charge in [-0.1, -0.05) is 44.2 Å². The van der Waals surface area contributed by atoms with Crippen LogP contribution in [0.1, 0.15) is 43.7 Å². The first kappa shape index (κ1) is 17.1. The molecule has 2 aromatic rings. The van der Waals surface area contributed by atoms with Gasteiger partial charge in [0, 0.05) is 12.1 Å². The standard InChI is InChI=1S/C20H25NO2/c1-4-15(2)18-7-5-6-8-19(18)21-20(22)14-11-16-9-12-17(23-3)13-10-16/h5-10,12-13,15H,4,11,14H2,1-3H3,(H,21,22)/t15-/m1/s1. The fourth-order valence-electron chi connectivity index (χ4n) is 2.52. The van der Waals surface area contributed by atoms with Crippen LogP contribution in [0.3, 0.4) is 0 Å². The van der Waals surface area contributed by atoms with Gasteiger partial charge in [-0.25, -0.2) is 0 Å². The van der Waals surface area contributed by atoms with Gasteiger partial charge in [0.1, 0.15) is 5.75 Å². The number of anilines is 1. The van der Waals surface area contributed by atoms with E-state index in [0.29, 0.717) is 12.3 Å². The summed E-state index contributed by atoms with van der Waals surface area (Å²) in [4.78, 5) is 12.2. The Morgan fingerprint density at radius 2 is 1.83 bits per heavy atom. The second-order valence-electron chi connectivity index (χ2n) is 5.79. The maximum absolute atomic E-state index is 12.2. The molecule has 1 atom stereocenters. The van der Waals surface area contributed by atoms with Crippen molar-refractivity contribution in [3.8, 4) is 5.75 Å². The van der Waals surface area contributed by atoms with E-state index in [2.05, 4.69) is 25.2 Å². The monoisotopic (exact) mass is 311 g/mol. The Morgan fingerprint density at radius 3 is 2.48 bits per heavy atom. The number of hydrogen-bond acceptors (Lipinski definition) is 2. The van der Waals surface area contributed by atoms with Gasteiger partial charge in [-0.15, -0.1) is 0 Å². The SMILES string of the molecule is CC[C@@H](C)c1ccccc1NC(=O)CCc1ccc(OC)cc1. The fourth-order valence-corrected chi connectivity index (χ4v) is 2.52. The zero-order chi connectivity index (χ0) is 16.7. The molecular weight excluding hydrogens is 286 g/mol. The number of ether oxygens (including phenoxy) is 1. The highest BCUT2D eigenvalue weighted by atomic mass is 16.5. The lowest BCUT2D eigenvalue weighted by molar-refractivity contribution is -0.116. The summed E-state index contributed by atoms with van der Waals surface area (Å²) in [6.07, 6.45) is 2.25. The molecule has 0 aromatic heterocycles. The molecular formula is C20H25NO2. The summed E-state index contributed by atoms with van der Waals surface area (Å²) in [5.74, 6) is 1.32. The van der Waals surface area contributed by atoms with Crippen LogP contribution in [-0.2, 0) is 11.2 Å². The van der Waals surface area contributed by atoms with E-state index in [1.165, 1.54) is 5.56 Å². The predicted octanol–water partition coefficient (Wildman–Crippen LogP) is 4.78. The molecule has 1 amide bonds. The molecule has 0 fully saturated rings. The number of benzene rings is 2. The minimum atomic E-state index is 0.0524. The maximum Gasteiger partial charge on any atom is 0.224 e. The Hall–Kier alpha value is -2.29. The molecule has 2 rings (SSSR count). The molecule has 0 heterocycles. The molecule has 0 bridgehead atoms. The highest BCUT2D eigenvalue weighted by Gasteiger charge is 2.11. The van der Waals surface area contributed by atoms with Crippen molar-refractivity contribution < 1.29 is 9.53 Å². The normalized spacial score (nSPS) is 11.8. The molecule has 3 heteroatoms. The van der Waals surface area contributed by atoms with E-state index in [4.69, 9.17) is 4.74 Å². The van der Waals surface area contributed by atoms with Crippen LogP contribution >= 0.6 is 0 Å². The first-order valence-electron chi connectivity index (χ1n) is 8.15. The Balaban J connectivity index is 1.94. The number of hydrogen-bond donors (Lipinski definition) is 1. The van der Waals surface area contributed by atoms with Gasteiger partial charge in [-0.3, -0.25) is 4.79 Å². The number of amides is 1. The van der Waals surface area contributed by atoms with Crippen molar-refractivity contribution in [1.29, 1.82) is 0 Å². The van der Waals surface area contributed by atoms with E-state index in [1.54, 1.807) is 7.11 Å². The Kier molecular flexibility index (Phi) is 6.21. The average molecular weight is 311 g/mol. The van der Waals surface area contributed by atoms with Crippen molar-refractivity contribution in [2.24, 2.45) is 0 Å². The molecule has 0 aliphatic heterocycles. The number of rotatable bonds is 7. The smallest absolute Gasteiger partial charge is 0.224 e. The molecule has 122 valence electrons. The number of nitrogens with one attached hydrogen (secondary N) is 1. The highest BCUT2D eigenvalue weighted by Crippen LogP contribution is 2.26. The zero-order valence-electron chi connectivity index (χ0n) is 14.1. The number of para-hydroxylation sites is 1. The van der Waals surface area contributed by atoms with Crippen molar-refractivity contribution in [2.45, 2.75) is 39.0 Å². The number of carbonyl (C=O) groups excluding carboxylic acids is 1. The van der Waals surface area contributed by atoms with Gasteiger partial charge in [-0.2, -0.15) is 0 Å².